The van der Waals surface area contributed by atoms with E-state index in [4.69, 9.17) is 18.9 Å². The Balaban J connectivity index is 1.51. The number of ether oxygens (including phenoxy) is 4. The van der Waals surface area contributed by atoms with E-state index in [0.29, 0.717) is 42.2 Å². The van der Waals surface area contributed by atoms with E-state index in [2.05, 4.69) is 4.90 Å². The number of hydrogen-bond donors (Lipinski definition) is 0. The Morgan fingerprint density at radius 1 is 0.900 bits per heavy atom. The number of nitrogens with zero attached hydrogens (tertiary/aromatic N) is 2. The van der Waals surface area contributed by atoms with Gasteiger partial charge in [0.1, 0.15) is 17.2 Å². The number of benzene rings is 1. The lowest BCUT2D eigenvalue weighted by molar-refractivity contribution is -0.132. The number of hydrogen-bond acceptors (Lipinski definition) is 6. The standard InChI is InChI=1S/C23H36N2O5/c1-27-18-9-13-24(14-10-18)17-7-11-25(12-8-17)23(26)6-5-20-21(29-3)15-19(28-2)16-22(20)30-4/h15-18H,5-14H2,1-4H3. The van der Waals surface area contributed by atoms with Crippen LogP contribution in [0.1, 0.15) is 37.7 Å². The molecule has 1 amide bonds. The van der Waals surface area contributed by atoms with Crippen molar-refractivity contribution in [2.24, 2.45) is 0 Å². The summed E-state index contributed by atoms with van der Waals surface area (Å²) in [5.41, 5.74) is 0.907. The van der Waals surface area contributed by atoms with Gasteiger partial charge in [-0.1, -0.05) is 0 Å². The zero-order chi connectivity index (χ0) is 21.5. The van der Waals surface area contributed by atoms with Gasteiger partial charge in [-0.05, 0) is 32.1 Å². The lowest BCUT2D eigenvalue weighted by Gasteiger charge is -2.41. The summed E-state index contributed by atoms with van der Waals surface area (Å²) in [5.74, 6) is 2.26. The van der Waals surface area contributed by atoms with Crippen molar-refractivity contribution in [1.82, 2.24) is 9.80 Å². The predicted octanol–water partition coefficient (Wildman–Crippen LogP) is 2.75. The highest BCUT2D eigenvalue weighted by molar-refractivity contribution is 5.77. The van der Waals surface area contributed by atoms with Gasteiger partial charge >= 0.3 is 0 Å². The molecule has 0 bridgehead atoms. The number of amides is 1. The first kappa shape index (κ1) is 22.7. The Hall–Kier alpha value is -1.99. The number of rotatable bonds is 8. The number of piperidine rings is 2. The second-order valence-electron chi connectivity index (χ2n) is 8.09. The minimum Gasteiger partial charge on any atom is -0.496 e. The Morgan fingerprint density at radius 2 is 1.50 bits per heavy atom. The van der Waals surface area contributed by atoms with E-state index in [1.165, 1.54) is 0 Å². The second kappa shape index (κ2) is 10.9. The summed E-state index contributed by atoms with van der Waals surface area (Å²) >= 11 is 0. The first-order valence-electron chi connectivity index (χ1n) is 10.9. The van der Waals surface area contributed by atoms with Crippen LogP contribution >= 0.6 is 0 Å². The van der Waals surface area contributed by atoms with Crippen LogP contribution in [0.15, 0.2) is 12.1 Å². The van der Waals surface area contributed by atoms with Crippen LogP contribution < -0.4 is 14.2 Å². The van der Waals surface area contributed by atoms with Gasteiger partial charge in [0.2, 0.25) is 5.91 Å². The van der Waals surface area contributed by atoms with Gasteiger partial charge in [0, 0.05) is 63.4 Å². The Kier molecular flexibility index (Phi) is 8.22. The molecule has 7 heteroatoms. The van der Waals surface area contributed by atoms with Crippen LogP contribution in [0.25, 0.3) is 0 Å². The van der Waals surface area contributed by atoms with Crippen LogP contribution in [0.4, 0.5) is 0 Å². The highest BCUT2D eigenvalue weighted by atomic mass is 16.5. The molecule has 2 aliphatic heterocycles. The SMILES string of the molecule is COc1cc(OC)c(CCC(=O)N2CCC(N3CCC(OC)CC3)CC2)c(OC)c1. The average molecular weight is 421 g/mol. The molecule has 0 N–H and O–H groups in total. The molecule has 2 aliphatic rings. The Morgan fingerprint density at radius 3 is 2.00 bits per heavy atom. The smallest absolute Gasteiger partial charge is 0.222 e. The normalized spacial score (nSPS) is 19.0. The van der Waals surface area contributed by atoms with Crippen molar-refractivity contribution in [2.75, 3.05) is 54.6 Å². The lowest BCUT2D eigenvalue weighted by atomic mass is 9.98. The van der Waals surface area contributed by atoms with E-state index in [0.717, 1.165) is 57.4 Å². The van der Waals surface area contributed by atoms with Gasteiger partial charge in [-0.15, -0.1) is 0 Å². The third-order valence-corrected chi connectivity index (χ3v) is 6.55. The summed E-state index contributed by atoms with van der Waals surface area (Å²) in [7, 11) is 6.67. The zero-order valence-corrected chi connectivity index (χ0v) is 18.8. The molecule has 0 saturated carbocycles. The van der Waals surface area contributed by atoms with Crippen LogP contribution in [0, 0.1) is 0 Å². The number of methoxy groups -OCH3 is 4. The monoisotopic (exact) mass is 420 g/mol. The lowest BCUT2D eigenvalue weighted by Crippen LogP contribution is -2.49. The first-order valence-corrected chi connectivity index (χ1v) is 10.9. The van der Waals surface area contributed by atoms with Crippen molar-refractivity contribution in [2.45, 2.75) is 50.7 Å². The molecule has 168 valence electrons. The van der Waals surface area contributed by atoms with Crippen molar-refractivity contribution in [3.63, 3.8) is 0 Å². The predicted molar refractivity (Wildman–Crippen MR) is 116 cm³/mol. The van der Waals surface area contributed by atoms with Crippen molar-refractivity contribution in [1.29, 1.82) is 0 Å². The molecule has 0 aromatic heterocycles. The first-order chi connectivity index (χ1) is 14.6. The average Bonchev–Trinajstić information content (AvgIpc) is 2.82. The molecule has 3 rings (SSSR count). The molecule has 2 heterocycles. The molecule has 7 nitrogen and oxygen atoms in total. The van der Waals surface area contributed by atoms with Crippen molar-refractivity contribution < 1.29 is 23.7 Å². The molecule has 2 saturated heterocycles. The largest absolute Gasteiger partial charge is 0.496 e. The fourth-order valence-electron chi connectivity index (χ4n) is 4.67. The van der Waals surface area contributed by atoms with E-state index < -0.39 is 0 Å². The van der Waals surface area contributed by atoms with Crippen LogP contribution in [-0.4, -0.2) is 82.5 Å². The molecule has 0 atom stereocenters. The molecule has 0 spiro atoms. The topological polar surface area (TPSA) is 60.5 Å². The summed E-state index contributed by atoms with van der Waals surface area (Å²) in [6.07, 6.45) is 5.78. The second-order valence-corrected chi connectivity index (χ2v) is 8.09. The molecular weight excluding hydrogens is 384 g/mol. The summed E-state index contributed by atoms with van der Waals surface area (Å²) in [4.78, 5) is 17.5. The van der Waals surface area contributed by atoms with Crippen molar-refractivity contribution in [3.05, 3.63) is 17.7 Å². The van der Waals surface area contributed by atoms with Crippen LogP contribution in [0.2, 0.25) is 0 Å². The van der Waals surface area contributed by atoms with Gasteiger partial charge in [-0.3, -0.25) is 4.79 Å². The van der Waals surface area contributed by atoms with Crippen LogP contribution in [0.5, 0.6) is 17.2 Å². The number of carbonyl (C=O) groups is 1. The summed E-state index contributed by atoms with van der Waals surface area (Å²) in [5, 5.41) is 0. The molecule has 0 radical (unpaired) electrons. The fourth-order valence-corrected chi connectivity index (χ4v) is 4.67. The highest BCUT2D eigenvalue weighted by Gasteiger charge is 2.29. The molecular formula is C23H36N2O5. The van der Waals surface area contributed by atoms with Crippen LogP contribution in [-0.2, 0) is 16.0 Å². The minimum absolute atomic E-state index is 0.200. The Labute approximate surface area is 180 Å². The summed E-state index contributed by atoms with van der Waals surface area (Å²) in [6, 6.07) is 4.26. The van der Waals surface area contributed by atoms with E-state index in [-0.39, 0.29) is 5.91 Å². The molecule has 2 fully saturated rings. The molecule has 1 aromatic carbocycles. The summed E-state index contributed by atoms with van der Waals surface area (Å²) in [6.45, 7) is 3.89. The highest BCUT2D eigenvalue weighted by Crippen LogP contribution is 2.35. The maximum Gasteiger partial charge on any atom is 0.222 e. The third-order valence-electron chi connectivity index (χ3n) is 6.55. The van der Waals surface area contributed by atoms with E-state index >= 15 is 0 Å². The zero-order valence-electron chi connectivity index (χ0n) is 18.8. The molecule has 1 aromatic rings. The maximum atomic E-state index is 12.8. The van der Waals surface area contributed by atoms with Crippen molar-refractivity contribution >= 4 is 5.91 Å². The van der Waals surface area contributed by atoms with E-state index in [9.17, 15) is 4.79 Å². The van der Waals surface area contributed by atoms with Gasteiger partial charge in [-0.25, -0.2) is 0 Å². The van der Waals surface area contributed by atoms with Crippen LogP contribution in [0.3, 0.4) is 0 Å². The third kappa shape index (κ3) is 5.38. The van der Waals surface area contributed by atoms with Gasteiger partial charge in [0.25, 0.3) is 0 Å². The van der Waals surface area contributed by atoms with E-state index in [1.54, 1.807) is 21.3 Å². The van der Waals surface area contributed by atoms with Gasteiger partial charge in [0.05, 0.1) is 27.4 Å². The fraction of sp³-hybridized carbons (Fsp3) is 0.696. The number of likely N-dealkylation sites (tertiary alicyclic amines) is 2. The quantitative estimate of drug-likeness (QED) is 0.645. The molecule has 0 unspecified atom stereocenters. The minimum atomic E-state index is 0.200. The summed E-state index contributed by atoms with van der Waals surface area (Å²) < 4.78 is 21.8. The van der Waals surface area contributed by atoms with Gasteiger partial charge in [-0.2, -0.15) is 0 Å². The Bertz CT molecular complexity index is 670. The molecule has 0 aliphatic carbocycles. The van der Waals surface area contributed by atoms with E-state index in [1.807, 2.05) is 24.1 Å². The van der Waals surface area contributed by atoms with Gasteiger partial charge < -0.3 is 28.7 Å². The maximum absolute atomic E-state index is 12.8. The number of carbonyl (C=O) groups excluding carboxylic acids is 1. The molecule has 30 heavy (non-hydrogen) atoms. The van der Waals surface area contributed by atoms with Crippen molar-refractivity contribution in [3.8, 4) is 17.2 Å². The van der Waals surface area contributed by atoms with Gasteiger partial charge in [0.15, 0.2) is 0 Å².